The Kier molecular flexibility index (Phi) is 5.30. The molecule has 4 rings (SSSR count). The number of nitro benzene ring substituents is 1. The number of pyridine rings is 1. The Labute approximate surface area is 174 Å². The summed E-state index contributed by atoms with van der Waals surface area (Å²) in [5.74, 6) is 0.244. The van der Waals surface area contributed by atoms with Crippen LogP contribution in [-0.2, 0) is 6.61 Å². The van der Waals surface area contributed by atoms with Gasteiger partial charge in [-0.15, -0.1) is 0 Å². The monoisotopic (exact) mass is 399 g/mol. The van der Waals surface area contributed by atoms with Gasteiger partial charge in [-0.05, 0) is 60.9 Å². The zero-order chi connectivity index (χ0) is 21.1. The lowest BCUT2D eigenvalue weighted by Crippen LogP contribution is -1.99. The molecule has 0 radical (unpaired) electrons. The van der Waals surface area contributed by atoms with Crippen LogP contribution in [0.5, 0.6) is 5.75 Å². The average Bonchev–Trinajstić information content (AvgIpc) is 3.06. The molecule has 0 saturated heterocycles. The second-order valence-electron chi connectivity index (χ2n) is 7.11. The molecule has 0 aliphatic heterocycles. The Morgan fingerprint density at radius 2 is 1.87 bits per heavy atom. The number of ether oxygens (including phenoxy) is 1. The van der Waals surface area contributed by atoms with Gasteiger partial charge in [0, 0.05) is 18.0 Å². The largest absolute Gasteiger partial charge is 0.482 e. The van der Waals surface area contributed by atoms with Crippen LogP contribution in [0.15, 0.2) is 66.9 Å². The quantitative estimate of drug-likeness (QED) is 0.312. The van der Waals surface area contributed by atoms with Gasteiger partial charge in [0.15, 0.2) is 5.75 Å². The number of hydrogen-bond acceptors (Lipinski definition) is 4. The van der Waals surface area contributed by atoms with Gasteiger partial charge in [0.1, 0.15) is 12.3 Å². The highest BCUT2D eigenvalue weighted by Gasteiger charge is 2.15. The van der Waals surface area contributed by atoms with Crippen LogP contribution in [0.4, 0.5) is 5.69 Å². The molecule has 0 atom stereocenters. The molecule has 0 saturated carbocycles. The van der Waals surface area contributed by atoms with Crippen LogP contribution < -0.4 is 4.74 Å². The molecule has 0 spiro atoms. The minimum Gasteiger partial charge on any atom is -0.482 e. The van der Waals surface area contributed by atoms with Crippen LogP contribution >= 0.6 is 0 Å². The lowest BCUT2D eigenvalue weighted by molar-refractivity contribution is -0.385. The van der Waals surface area contributed by atoms with Crippen LogP contribution in [0.2, 0.25) is 0 Å². The summed E-state index contributed by atoms with van der Waals surface area (Å²) in [4.78, 5) is 15.6. The number of nitrogens with zero attached hydrogens (tertiary/aromatic N) is 3. The first-order chi connectivity index (χ1) is 14.5. The summed E-state index contributed by atoms with van der Waals surface area (Å²) < 4.78 is 7.81. The fourth-order valence-electron chi connectivity index (χ4n) is 3.26. The van der Waals surface area contributed by atoms with E-state index < -0.39 is 4.92 Å². The molecule has 0 aliphatic rings. The fraction of sp³-hybridized carbons (Fsp3) is 0.125. The number of imidazole rings is 1. The predicted octanol–water partition coefficient (Wildman–Crippen LogP) is 5.61. The fourth-order valence-corrected chi connectivity index (χ4v) is 3.26. The molecule has 0 fully saturated rings. The molecule has 0 unspecified atom stereocenters. The van der Waals surface area contributed by atoms with E-state index in [1.54, 1.807) is 12.1 Å². The molecule has 0 N–H and O–H groups in total. The van der Waals surface area contributed by atoms with E-state index in [2.05, 4.69) is 4.98 Å². The van der Waals surface area contributed by atoms with Crippen LogP contribution in [0.3, 0.4) is 0 Å². The van der Waals surface area contributed by atoms with Gasteiger partial charge < -0.3 is 9.14 Å². The average molecular weight is 399 g/mol. The second-order valence-corrected chi connectivity index (χ2v) is 7.11. The zero-order valence-corrected chi connectivity index (χ0v) is 16.8. The Balaban J connectivity index is 1.61. The first-order valence-corrected chi connectivity index (χ1v) is 9.60. The number of benzene rings is 2. The normalized spacial score (nSPS) is 11.3. The summed E-state index contributed by atoms with van der Waals surface area (Å²) in [5.41, 5.74) is 5.62. The summed E-state index contributed by atoms with van der Waals surface area (Å²) in [6, 6.07) is 18.5. The maximum Gasteiger partial charge on any atom is 0.310 e. The number of aromatic nitrogens is 2. The van der Waals surface area contributed by atoms with E-state index >= 15 is 0 Å². The SMILES string of the molecule is Cc1ccn2c(C)c(/C=C/c3ccc([N+](=O)[O-])c(OCc4ccccc4)c3)nc2c1. The predicted molar refractivity (Wildman–Crippen MR) is 117 cm³/mol. The van der Waals surface area contributed by atoms with Crippen LogP contribution in [-0.4, -0.2) is 14.3 Å². The maximum absolute atomic E-state index is 11.4. The molecule has 6 nitrogen and oxygen atoms in total. The van der Waals surface area contributed by atoms with Crippen molar-refractivity contribution in [3.8, 4) is 5.75 Å². The topological polar surface area (TPSA) is 69.7 Å². The van der Waals surface area contributed by atoms with E-state index in [9.17, 15) is 10.1 Å². The van der Waals surface area contributed by atoms with Gasteiger partial charge in [-0.3, -0.25) is 10.1 Å². The van der Waals surface area contributed by atoms with Gasteiger partial charge >= 0.3 is 5.69 Å². The summed E-state index contributed by atoms with van der Waals surface area (Å²) in [7, 11) is 0. The third kappa shape index (κ3) is 4.07. The minimum absolute atomic E-state index is 0.0533. The van der Waals surface area contributed by atoms with Crippen molar-refractivity contribution >= 4 is 23.5 Å². The van der Waals surface area contributed by atoms with Gasteiger partial charge in [0.05, 0.1) is 10.6 Å². The van der Waals surface area contributed by atoms with Gasteiger partial charge in [-0.1, -0.05) is 36.4 Å². The van der Waals surface area contributed by atoms with E-state index in [0.717, 1.165) is 33.7 Å². The van der Waals surface area contributed by atoms with E-state index in [4.69, 9.17) is 4.74 Å². The standard InChI is InChI=1S/C24H21N3O3/c1-17-12-13-26-18(2)21(25-24(26)14-17)10-8-19-9-11-22(27(28)29)23(15-19)30-16-20-6-4-3-5-7-20/h3-15H,16H2,1-2H3/b10-8+. The summed E-state index contributed by atoms with van der Waals surface area (Å²) in [6.45, 7) is 4.31. The molecule has 150 valence electrons. The summed E-state index contributed by atoms with van der Waals surface area (Å²) in [5, 5.41) is 11.4. The highest BCUT2D eigenvalue weighted by molar-refractivity contribution is 5.72. The van der Waals surface area contributed by atoms with Crippen molar-refractivity contribution in [2.45, 2.75) is 20.5 Å². The molecule has 2 aromatic heterocycles. The van der Waals surface area contributed by atoms with Crippen molar-refractivity contribution in [2.24, 2.45) is 0 Å². The minimum atomic E-state index is -0.428. The second kappa shape index (κ2) is 8.21. The lowest BCUT2D eigenvalue weighted by Gasteiger charge is -2.08. The van der Waals surface area contributed by atoms with E-state index in [0.29, 0.717) is 0 Å². The van der Waals surface area contributed by atoms with Crippen molar-refractivity contribution < 1.29 is 9.66 Å². The summed E-state index contributed by atoms with van der Waals surface area (Å²) in [6.07, 6.45) is 5.81. The van der Waals surface area contributed by atoms with Crippen LogP contribution in [0, 0.1) is 24.0 Å². The first-order valence-electron chi connectivity index (χ1n) is 9.60. The molecule has 2 aromatic carbocycles. The Bertz CT molecular complexity index is 1240. The maximum atomic E-state index is 11.4. The molecule has 2 heterocycles. The van der Waals surface area contributed by atoms with E-state index in [-0.39, 0.29) is 18.0 Å². The number of aryl methyl sites for hydroxylation is 2. The van der Waals surface area contributed by atoms with Crippen LogP contribution in [0.25, 0.3) is 17.8 Å². The van der Waals surface area contributed by atoms with E-state index in [1.165, 1.54) is 6.07 Å². The third-order valence-electron chi connectivity index (χ3n) is 4.91. The molecular formula is C24H21N3O3. The molecule has 0 amide bonds. The molecule has 4 aromatic rings. The molecule has 0 aliphatic carbocycles. The smallest absolute Gasteiger partial charge is 0.310 e. The van der Waals surface area contributed by atoms with Crippen molar-refractivity contribution in [1.82, 2.24) is 9.38 Å². The van der Waals surface area contributed by atoms with Crippen molar-refractivity contribution in [1.29, 1.82) is 0 Å². The van der Waals surface area contributed by atoms with E-state index in [1.807, 2.05) is 79.1 Å². The molecule has 6 heteroatoms. The van der Waals surface area contributed by atoms with Crippen molar-refractivity contribution in [3.05, 3.63) is 105 Å². The van der Waals surface area contributed by atoms with Gasteiger partial charge in [0.2, 0.25) is 0 Å². The third-order valence-corrected chi connectivity index (χ3v) is 4.91. The summed E-state index contributed by atoms with van der Waals surface area (Å²) >= 11 is 0. The Morgan fingerprint density at radius 1 is 1.07 bits per heavy atom. The van der Waals surface area contributed by atoms with Crippen LogP contribution in [0.1, 0.15) is 28.1 Å². The highest BCUT2D eigenvalue weighted by Crippen LogP contribution is 2.29. The Morgan fingerprint density at radius 3 is 2.63 bits per heavy atom. The number of rotatable bonds is 6. The number of hydrogen-bond donors (Lipinski definition) is 0. The van der Waals surface area contributed by atoms with Gasteiger partial charge in [-0.2, -0.15) is 0 Å². The molecule has 0 bridgehead atoms. The number of nitro groups is 1. The highest BCUT2D eigenvalue weighted by atomic mass is 16.6. The van der Waals surface area contributed by atoms with Crippen molar-refractivity contribution in [3.63, 3.8) is 0 Å². The number of fused-ring (bicyclic) bond motifs is 1. The first kappa shape index (κ1) is 19.4. The molecule has 30 heavy (non-hydrogen) atoms. The zero-order valence-electron chi connectivity index (χ0n) is 16.8. The van der Waals surface area contributed by atoms with Crippen molar-refractivity contribution in [2.75, 3.05) is 0 Å². The van der Waals surface area contributed by atoms with Gasteiger partial charge in [0.25, 0.3) is 0 Å². The van der Waals surface area contributed by atoms with Gasteiger partial charge in [-0.25, -0.2) is 4.98 Å². The lowest BCUT2D eigenvalue weighted by atomic mass is 10.1. The molecular weight excluding hydrogens is 378 g/mol. The Hall–Kier alpha value is -3.93.